The molecule has 0 N–H and O–H groups in total. The summed E-state index contributed by atoms with van der Waals surface area (Å²) in [5, 5.41) is 8.15. The van der Waals surface area contributed by atoms with Crippen LogP contribution in [0.2, 0.25) is 0 Å². The van der Waals surface area contributed by atoms with Crippen LogP contribution in [0, 0.1) is 0 Å². The van der Waals surface area contributed by atoms with E-state index in [-0.39, 0.29) is 0 Å². The minimum Gasteiger partial charge on any atom is -0.453 e. The molecule has 5 nitrogen and oxygen atoms in total. The van der Waals surface area contributed by atoms with E-state index in [9.17, 15) is 18.0 Å². The predicted molar refractivity (Wildman–Crippen MR) is 84.5 cm³/mol. The maximum atomic E-state index is 12.1. The van der Waals surface area contributed by atoms with Gasteiger partial charge in [0.25, 0.3) is 0 Å². The topological polar surface area (TPSA) is 56.5 Å². The van der Waals surface area contributed by atoms with Gasteiger partial charge in [0.1, 0.15) is 5.69 Å². The van der Waals surface area contributed by atoms with E-state index in [4.69, 9.17) is 0 Å². The van der Waals surface area contributed by atoms with Crippen molar-refractivity contribution in [2.45, 2.75) is 6.18 Å². The van der Waals surface area contributed by atoms with Gasteiger partial charge in [-0.2, -0.15) is 13.2 Å². The number of esters is 1. The third kappa shape index (κ3) is 4.03. The van der Waals surface area contributed by atoms with Crippen LogP contribution in [0.1, 0.15) is 5.56 Å². The minimum atomic E-state index is -4.55. The van der Waals surface area contributed by atoms with E-state index in [1.54, 1.807) is 35.0 Å². The molecule has 0 spiro atoms. The Labute approximate surface area is 140 Å². The zero-order valence-corrected chi connectivity index (χ0v) is 12.8. The lowest BCUT2D eigenvalue weighted by molar-refractivity contribution is -0.182. The second-order valence-corrected chi connectivity index (χ2v) is 5.11. The van der Waals surface area contributed by atoms with Crippen molar-refractivity contribution in [2.24, 2.45) is 0 Å². The smallest absolute Gasteiger partial charge is 0.422 e. The van der Waals surface area contributed by atoms with Crippen LogP contribution in [0.4, 0.5) is 13.2 Å². The fourth-order valence-corrected chi connectivity index (χ4v) is 2.25. The van der Waals surface area contributed by atoms with Crippen molar-refractivity contribution in [3.05, 3.63) is 60.3 Å². The first kappa shape index (κ1) is 16.7. The first-order chi connectivity index (χ1) is 11.9. The molecule has 0 bridgehead atoms. The normalized spacial score (nSPS) is 12.0. The van der Waals surface area contributed by atoms with E-state index in [0.29, 0.717) is 16.8 Å². The van der Waals surface area contributed by atoms with Crippen molar-refractivity contribution < 1.29 is 22.7 Å². The Balaban J connectivity index is 1.87. The standard InChI is InChI=1S/C17H12F3N3O2/c18-17(19,20)11-25-15(24)9-8-12-5-1-2-6-13(12)16-14-7-3-4-10-23(14)22-21-16/h1-10H,11H2/b9-8+. The lowest BCUT2D eigenvalue weighted by Gasteiger charge is -2.06. The zero-order valence-electron chi connectivity index (χ0n) is 12.8. The molecular weight excluding hydrogens is 335 g/mol. The fourth-order valence-electron chi connectivity index (χ4n) is 2.25. The number of aromatic nitrogens is 3. The van der Waals surface area contributed by atoms with Crippen LogP contribution in [-0.2, 0) is 9.53 Å². The summed E-state index contributed by atoms with van der Waals surface area (Å²) in [4.78, 5) is 11.4. The minimum absolute atomic E-state index is 0.601. The Kier molecular flexibility index (Phi) is 4.51. The highest BCUT2D eigenvalue weighted by molar-refractivity contribution is 5.90. The molecule has 25 heavy (non-hydrogen) atoms. The molecule has 2 aromatic heterocycles. The Morgan fingerprint density at radius 3 is 2.72 bits per heavy atom. The molecule has 3 rings (SSSR count). The van der Waals surface area contributed by atoms with Gasteiger partial charge < -0.3 is 4.74 Å². The Morgan fingerprint density at radius 1 is 1.16 bits per heavy atom. The van der Waals surface area contributed by atoms with Crippen LogP contribution in [0.3, 0.4) is 0 Å². The highest BCUT2D eigenvalue weighted by Crippen LogP contribution is 2.26. The molecule has 3 aromatic rings. The zero-order chi connectivity index (χ0) is 17.9. The molecule has 0 aliphatic carbocycles. The SMILES string of the molecule is O=C(/C=C/c1ccccc1-c1nnn2ccccc12)OCC(F)(F)F. The number of ether oxygens (including phenoxy) is 1. The summed E-state index contributed by atoms with van der Waals surface area (Å²) in [5.41, 5.74) is 2.67. The monoisotopic (exact) mass is 347 g/mol. The molecule has 0 radical (unpaired) electrons. The van der Waals surface area contributed by atoms with E-state index < -0.39 is 18.8 Å². The summed E-state index contributed by atoms with van der Waals surface area (Å²) in [7, 11) is 0. The number of alkyl halides is 3. The highest BCUT2D eigenvalue weighted by Gasteiger charge is 2.29. The summed E-state index contributed by atoms with van der Waals surface area (Å²) < 4.78 is 41.9. The van der Waals surface area contributed by atoms with Gasteiger partial charge in [-0.15, -0.1) is 5.10 Å². The largest absolute Gasteiger partial charge is 0.453 e. The summed E-state index contributed by atoms with van der Waals surface area (Å²) >= 11 is 0. The predicted octanol–water partition coefficient (Wildman–Crippen LogP) is 3.52. The number of hydrogen-bond acceptors (Lipinski definition) is 4. The molecule has 0 saturated carbocycles. The number of hydrogen-bond donors (Lipinski definition) is 0. The number of nitrogens with zero attached hydrogens (tertiary/aromatic N) is 3. The summed E-state index contributed by atoms with van der Waals surface area (Å²) in [6, 6.07) is 12.5. The van der Waals surface area contributed by atoms with Gasteiger partial charge in [-0.3, -0.25) is 0 Å². The molecule has 8 heteroatoms. The molecule has 128 valence electrons. The Hall–Kier alpha value is -3.16. The first-order valence-electron chi connectivity index (χ1n) is 7.25. The third-order valence-electron chi connectivity index (χ3n) is 3.32. The van der Waals surface area contributed by atoms with Gasteiger partial charge in [0.15, 0.2) is 6.61 Å². The van der Waals surface area contributed by atoms with Crippen LogP contribution in [0.5, 0.6) is 0 Å². The Morgan fingerprint density at radius 2 is 1.92 bits per heavy atom. The first-order valence-corrected chi connectivity index (χ1v) is 7.25. The molecular formula is C17H12F3N3O2. The number of fused-ring (bicyclic) bond motifs is 1. The van der Waals surface area contributed by atoms with Gasteiger partial charge in [-0.1, -0.05) is 35.5 Å². The van der Waals surface area contributed by atoms with Crippen molar-refractivity contribution in [1.82, 2.24) is 14.8 Å². The molecule has 2 heterocycles. The quantitative estimate of drug-likeness (QED) is 0.535. The number of halogens is 3. The molecule has 0 unspecified atom stereocenters. The van der Waals surface area contributed by atoms with Crippen molar-refractivity contribution in [3.63, 3.8) is 0 Å². The molecule has 0 atom stereocenters. The molecule has 0 saturated heterocycles. The average Bonchev–Trinajstić information content (AvgIpc) is 3.02. The number of benzene rings is 1. The fraction of sp³-hybridized carbons (Fsp3) is 0.118. The number of carbonyl (C=O) groups is 1. The van der Waals surface area contributed by atoms with E-state index in [1.807, 2.05) is 18.2 Å². The van der Waals surface area contributed by atoms with E-state index >= 15 is 0 Å². The Bertz CT molecular complexity index is 932. The van der Waals surface area contributed by atoms with Crippen LogP contribution in [-0.4, -0.2) is 33.6 Å². The lowest BCUT2D eigenvalue weighted by atomic mass is 10.0. The maximum Gasteiger partial charge on any atom is 0.422 e. The maximum absolute atomic E-state index is 12.1. The molecule has 0 aliphatic heterocycles. The summed E-state index contributed by atoms with van der Waals surface area (Å²) in [6.45, 7) is -1.62. The van der Waals surface area contributed by atoms with Gasteiger partial charge in [-0.05, 0) is 23.8 Å². The molecule has 0 amide bonds. The van der Waals surface area contributed by atoms with E-state index in [1.165, 1.54) is 6.08 Å². The van der Waals surface area contributed by atoms with Crippen molar-refractivity contribution in [1.29, 1.82) is 0 Å². The van der Waals surface area contributed by atoms with Crippen LogP contribution in [0.25, 0.3) is 22.9 Å². The molecule has 1 aromatic carbocycles. The van der Waals surface area contributed by atoms with Crippen molar-refractivity contribution in [2.75, 3.05) is 6.61 Å². The number of pyridine rings is 1. The molecule has 0 fully saturated rings. The lowest BCUT2D eigenvalue weighted by Crippen LogP contribution is -2.19. The third-order valence-corrected chi connectivity index (χ3v) is 3.32. The van der Waals surface area contributed by atoms with Crippen molar-refractivity contribution in [3.8, 4) is 11.3 Å². The van der Waals surface area contributed by atoms with E-state index in [0.717, 1.165) is 11.6 Å². The second-order valence-electron chi connectivity index (χ2n) is 5.11. The number of rotatable bonds is 4. The number of carbonyl (C=O) groups excluding carboxylic acids is 1. The average molecular weight is 347 g/mol. The second kappa shape index (κ2) is 6.76. The summed E-state index contributed by atoms with van der Waals surface area (Å²) in [6.07, 6.45) is -0.459. The highest BCUT2D eigenvalue weighted by atomic mass is 19.4. The van der Waals surface area contributed by atoms with Gasteiger partial charge in [0, 0.05) is 17.8 Å². The summed E-state index contributed by atoms with van der Waals surface area (Å²) in [5.74, 6) is -1.07. The molecule has 0 aliphatic rings. The van der Waals surface area contributed by atoms with Gasteiger partial charge in [-0.25, -0.2) is 9.31 Å². The van der Waals surface area contributed by atoms with Crippen LogP contribution >= 0.6 is 0 Å². The van der Waals surface area contributed by atoms with Gasteiger partial charge >= 0.3 is 12.1 Å². The van der Waals surface area contributed by atoms with Crippen LogP contribution in [0.15, 0.2) is 54.7 Å². The van der Waals surface area contributed by atoms with Gasteiger partial charge in [0.05, 0.1) is 5.52 Å². The van der Waals surface area contributed by atoms with Crippen molar-refractivity contribution >= 4 is 17.6 Å². The van der Waals surface area contributed by atoms with Gasteiger partial charge in [0.2, 0.25) is 0 Å². The van der Waals surface area contributed by atoms with Crippen LogP contribution < -0.4 is 0 Å². The van der Waals surface area contributed by atoms with E-state index in [2.05, 4.69) is 15.0 Å².